The predicted molar refractivity (Wildman–Crippen MR) is 93.0 cm³/mol. The van der Waals surface area contributed by atoms with Gasteiger partial charge in [0, 0.05) is 6.54 Å². The van der Waals surface area contributed by atoms with Crippen LogP contribution in [0.5, 0.6) is 5.75 Å². The van der Waals surface area contributed by atoms with Crippen LogP contribution in [0.4, 0.5) is 0 Å². The van der Waals surface area contributed by atoms with Crippen LogP contribution in [0.15, 0.2) is 54.6 Å². The maximum atomic E-state index is 12.7. The van der Waals surface area contributed by atoms with Crippen LogP contribution in [-0.4, -0.2) is 37.1 Å². The minimum Gasteiger partial charge on any atom is -0.497 e. The van der Waals surface area contributed by atoms with E-state index in [1.54, 1.807) is 7.11 Å². The zero-order valence-corrected chi connectivity index (χ0v) is 14.1. The Morgan fingerprint density at radius 2 is 1.96 bits per heavy atom. The van der Waals surface area contributed by atoms with E-state index in [2.05, 4.69) is 0 Å². The van der Waals surface area contributed by atoms with E-state index in [1.807, 2.05) is 66.4 Å². The van der Waals surface area contributed by atoms with Gasteiger partial charge in [0.2, 0.25) is 5.91 Å². The number of morpholine rings is 1. The Bertz CT molecular complexity index is 686. The summed E-state index contributed by atoms with van der Waals surface area (Å²) in [6.45, 7) is 3.24. The lowest BCUT2D eigenvalue weighted by Crippen LogP contribution is -2.46. The van der Waals surface area contributed by atoms with Gasteiger partial charge in [0.15, 0.2) is 0 Å². The summed E-state index contributed by atoms with van der Waals surface area (Å²) in [5, 5.41) is 0. The van der Waals surface area contributed by atoms with Crippen LogP contribution in [-0.2, 0) is 16.0 Å². The third-order valence-electron chi connectivity index (χ3n) is 4.27. The van der Waals surface area contributed by atoms with Gasteiger partial charge in [-0.15, -0.1) is 0 Å². The number of benzene rings is 2. The second-order valence-corrected chi connectivity index (χ2v) is 6.17. The summed E-state index contributed by atoms with van der Waals surface area (Å²) < 4.78 is 11.3. The quantitative estimate of drug-likeness (QED) is 0.866. The van der Waals surface area contributed by atoms with Gasteiger partial charge in [-0.2, -0.15) is 0 Å². The highest BCUT2D eigenvalue weighted by Crippen LogP contribution is 2.25. The van der Waals surface area contributed by atoms with E-state index in [-0.39, 0.29) is 18.1 Å². The molecule has 2 aromatic carbocycles. The molecule has 0 radical (unpaired) electrons. The van der Waals surface area contributed by atoms with E-state index in [1.165, 1.54) is 0 Å². The molecule has 0 saturated carbocycles. The lowest BCUT2D eigenvalue weighted by atomic mass is 10.1. The zero-order valence-electron chi connectivity index (χ0n) is 14.1. The summed E-state index contributed by atoms with van der Waals surface area (Å²) in [4.78, 5) is 14.6. The highest BCUT2D eigenvalue weighted by molar-refractivity contribution is 5.79. The largest absolute Gasteiger partial charge is 0.497 e. The molecular formula is C20H23NO3. The predicted octanol–water partition coefficient (Wildman–Crippen LogP) is 3.23. The Labute approximate surface area is 143 Å². The van der Waals surface area contributed by atoms with Gasteiger partial charge in [0.05, 0.1) is 26.2 Å². The van der Waals surface area contributed by atoms with Crippen molar-refractivity contribution in [3.05, 3.63) is 65.7 Å². The van der Waals surface area contributed by atoms with E-state index in [0.717, 1.165) is 16.9 Å². The molecule has 0 aliphatic carbocycles. The van der Waals surface area contributed by atoms with Crippen molar-refractivity contribution >= 4 is 5.91 Å². The molecule has 0 aromatic heterocycles. The molecule has 2 aromatic rings. The van der Waals surface area contributed by atoms with Crippen LogP contribution >= 0.6 is 0 Å². The molecule has 1 aliphatic rings. The summed E-state index contributed by atoms with van der Waals surface area (Å²) in [6, 6.07) is 17.8. The second kappa shape index (κ2) is 7.49. The maximum absolute atomic E-state index is 12.7. The molecule has 0 unspecified atom stereocenters. The van der Waals surface area contributed by atoms with Crippen LogP contribution in [0.2, 0.25) is 0 Å². The normalized spacial score (nSPS) is 20.7. The Morgan fingerprint density at radius 3 is 2.71 bits per heavy atom. The molecule has 0 bridgehead atoms. The molecular weight excluding hydrogens is 302 g/mol. The fourth-order valence-electron chi connectivity index (χ4n) is 3.08. The van der Waals surface area contributed by atoms with Crippen LogP contribution in [0.3, 0.4) is 0 Å². The fourth-order valence-corrected chi connectivity index (χ4v) is 3.08. The Kier molecular flexibility index (Phi) is 5.16. The number of rotatable bonds is 4. The van der Waals surface area contributed by atoms with Crippen molar-refractivity contribution in [3.63, 3.8) is 0 Å². The number of nitrogens with zero attached hydrogens (tertiary/aromatic N) is 1. The average Bonchev–Trinajstić information content (AvgIpc) is 2.62. The van der Waals surface area contributed by atoms with Gasteiger partial charge >= 0.3 is 0 Å². The van der Waals surface area contributed by atoms with Crippen molar-refractivity contribution in [2.45, 2.75) is 25.6 Å². The van der Waals surface area contributed by atoms with Crippen molar-refractivity contribution in [1.82, 2.24) is 4.90 Å². The first-order valence-corrected chi connectivity index (χ1v) is 8.27. The lowest BCUT2D eigenvalue weighted by molar-refractivity contribution is -0.144. The number of hydrogen-bond acceptors (Lipinski definition) is 3. The molecule has 0 spiro atoms. The first-order chi connectivity index (χ1) is 11.7. The molecule has 0 N–H and O–H groups in total. The van der Waals surface area contributed by atoms with E-state index in [9.17, 15) is 4.79 Å². The third-order valence-corrected chi connectivity index (χ3v) is 4.27. The van der Waals surface area contributed by atoms with Crippen LogP contribution in [0.1, 0.15) is 24.2 Å². The topological polar surface area (TPSA) is 38.8 Å². The minimum atomic E-state index is -0.0655. The van der Waals surface area contributed by atoms with Gasteiger partial charge in [-0.25, -0.2) is 0 Å². The molecule has 24 heavy (non-hydrogen) atoms. The molecule has 3 rings (SSSR count). The van der Waals surface area contributed by atoms with Crippen molar-refractivity contribution in [2.75, 3.05) is 20.2 Å². The zero-order chi connectivity index (χ0) is 16.9. The summed E-state index contributed by atoms with van der Waals surface area (Å²) in [5.41, 5.74) is 2.08. The molecule has 1 saturated heterocycles. The first kappa shape index (κ1) is 16.5. The summed E-state index contributed by atoms with van der Waals surface area (Å²) in [5.74, 6) is 0.900. The first-order valence-electron chi connectivity index (χ1n) is 8.27. The minimum absolute atomic E-state index is 0.0261. The smallest absolute Gasteiger partial charge is 0.227 e. The molecule has 1 amide bonds. The number of hydrogen-bond donors (Lipinski definition) is 0. The summed E-state index contributed by atoms with van der Waals surface area (Å²) in [6.07, 6.45) is 0.341. The number of carbonyl (C=O) groups is 1. The second-order valence-electron chi connectivity index (χ2n) is 6.17. The molecule has 1 aliphatic heterocycles. The van der Waals surface area contributed by atoms with Gasteiger partial charge < -0.3 is 14.4 Å². The van der Waals surface area contributed by atoms with Gasteiger partial charge in [0.1, 0.15) is 11.9 Å². The van der Waals surface area contributed by atoms with Gasteiger partial charge in [-0.1, -0.05) is 42.5 Å². The Morgan fingerprint density at radius 1 is 1.17 bits per heavy atom. The number of carbonyl (C=O) groups excluding carboxylic acids is 1. The molecule has 2 atom stereocenters. The van der Waals surface area contributed by atoms with E-state index >= 15 is 0 Å². The van der Waals surface area contributed by atoms with E-state index < -0.39 is 0 Å². The molecule has 1 fully saturated rings. The average molecular weight is 325 g/mol. The molecule has 126 valence electrons. The highest BCUT2D eigenvalue weighted by Gasteiger charge is 2.29. The SMILES string of the molecule is COc1cccc(CC(=O)N2C[C@@H](c3ccccc3)O[C@@H](C)C2)c1. The van der Waals surface area contributed by atoms with Gasteiger partial charge in [-0.3, -0.25) is 4.79 Å². The van der Waals surface area contributed by atoms with Gasteiger partial charge in [-0.05, 0) is 30.2 Å². The molecule has 4 nitrogen and oxygen atoms in total. The van der Waals surface area contributed by atoms with Gasteiger partial charge in [0.25, 0.3) is 0 Å². The maximum Gasteiger partial charge on any atom is 0.227 e. The lowest BCUT2D eigenvalue weighted by Gasteiger charge is -2.37. The van der Waals surface area contributed by atoms with E-state index in [4.69, 9.17) is 9.47 Å². The fraction of sp³-hybridized carbons (Fsp3) is 0.350. The molecule has 1 heterocycles. The number of amides is 1. The number of methoxy groups -OCH3 is 1. The summed E-state index contributed by atoms with van der Waals surface area (Å²) in [7, 11) is 1.63. The van der Waals surface area contributed by atoms with Crippen molar-refractivity contribution in [1.29, 1.82) is 0 Å². The summed E-state index contributed by atoms with van der Waals surface area (Å²) >= 11 is 0. The molecule has 4 heteroatoms. The monoisotopic (exact) mass is 325 g/mol. The van der Waals surface area contributed by atoms with Crippen molar-refractivity contribution < 1.29 is 14.3 Å². The number of ether oxygens (including phenoxy) is 2. The Balaban J connectivity index is 1.69. The van der Waals surface area contributed by atoms with Crippen molar-refractivity contribution in [2.24, 2.45) is 0 Å². The standard InChI is InChI=1S/C20H23NO3/c1-15-13-21(14-19(24-15)17-8-4-3-5-9-17)20(22)12-16-7-6-10-18(11-16)23-2/h3-11,15,19H,12-14H2,1-2H3/t15-,19-/m0/s1. The van der Waals surface area contributed by atoms with Crippen molar-refractivity contribution in [3.8, 4) is 5.75 Å². The van der Waals surface area contributed by atoms with Crippen LogP contribution in [0.25, 0.3) is 0 Å². The third kappa shape index (κ3) is 3.95. The van der Waals surface area contributed by atoms with Crippen LogP contribution in [0, 0.1) is 0 Å². The Hall–Kier alpha value is -2.33. The van der Waals surface area contributed by atoms with Crippen LogP contribution < -0.4 is 4.74 Å². The van der Waals surface area contributed by atoms with E-state index in [0.29, 0.717) is 19.5 Å². The highest BCUT2D eigenvalue weighted by atomic mass is 16.5.